The third-order valence-corrected chi connectivity index (χ3v) is 19.9. The Hall–Kier alpha value is -7.68. The van der Waals surface area contributed by atoms with Crippen LogP contribution in [0.2, 0.25) is 5.02 Å². The first-order valence-corrected chi connectivity index (χ1v) is 36.4. The lowest BCUT2D eigenvalue weighted by molar-refractivity contribution is -0.151. The number of halogens is 2. The van der Waals surface area contributed by atoms with Crippen LogP contribution in [0.3, 0.4) is 0 Å². The van der Waals surface area contributed by atoms with Gasteiger partial charge in [-0.1, -0.05) is 133 Å². The largest absolute Gasteiger partial charge is 0.343 e. The van der Waals surface area contributed by atoms with E-state index in [0.29, 0.717) is 66.9 Å². The van der Waals surface area contributed by atoms with Crippen LogP contribution in [0, 0.1) is 28.2 Å². The normalized spacial score (nSPS) is 23.4. The van der Waals surface area contributed by atoms with E-state index in [4.69, 9.17) is 11.6 Å². The minimum Gasteiger partial charge on any atom is -0.343 e. The van der Waals surface area contributed by atoms with Crippen molar-refractivity contribution in [3.63, 3.8) is 0 Å². The molecular weight excluding hydrogens is 1410 g/mol. The lowest BCUT2D eigenvalue weighted by atomic mass is 9.95. The van der Waals surface area contributed by atoms with Gasteiger partial charge >= 0.3 is 0 Å². The predicted octanol–water partition coefficient (Wildman–Crippen LogP) is 5.65. The maximum Gasteiger partial charge on any atom is 0.245 e. The summed E-state index contributed by atoms with van der Waals surface area (Å²) in [6.45, 7) is 14.0. The molecule has 4 N–H and O–H groups in total. The van der Waals surface area contributed by atoms with Crippen molar-refractivity contribution in [1.82, 2.24) is 60.5 Å². The summed E-state index contributed by atoms with van der Waals surface area (Å²) < 4.78 is 0.843. The maximum atomic E-state index is 15.4. The average molecular weight is 1520 g/mol. The molecule has 0 aromatic heterocycles. The topological polar surface area (TPSA) is 279 Å². The fourth-order valence-electron chi connectivity index (χ4n) is 12.4. The molecule has 0 saturated carbocycles. The molecule has 2 heterocycles. The minimum atomic E-state index is -1.42. The molecule has 3 aromatic carbocycles. The molecule has 26 heteroatoms. The molecule has 0 radical (unpaired) electrons. The smallest absolute Gasteiger partial charge is 0.245 e. The number of likely N-dealkylation sites (N-methyl/N-ethyl adjacent to an activating group) is 7. The van der Waals surface area contributed by atoms with Crippen LogP contribution in [0.5, 0.6) is 0 Å². The number of hydrogen-bond acceptors (Lipinski definition) is 12. The lowest BCUT2D eigenvalue weighted by Gasteiger charge is -2.38. The molecule has 9 atom stereocenters. The van der Waals surface area contributed by atoms with Crippen LogP contribution in [0.15, 0.2) is 72.8 Å². The number of hydrogen-bond donors (Lipinski definition) is 4. The number of carbonyl (C=O) groups is 12. The van der Waals surface area contributed by atoms with Gasteiger partial charge in [-0.15, -0.1) is 0 Å². The van der Waals surface area contributed by atoms with Gasteiger partial charge in [-0.3, -0.25) is 57.5 Å². The van der Waals surface area contributed by atoms with Crippen LogP contribution in [-0.4, -0.2) is 240 Å². The quantitative estimate of drug-likeness (QED) is 0.127. The van der Waals surface area contributed by atoms with Gasteiger partial charge in [0.15, 0.2) is 0 Å². The Labute approximate surface area is 610 Å². The summed E-state index contributed by atoms with van der Waals surface area (Å²) in [7, 11) is 9.86. The number of benzene rings is 3. The van der Waals surface area contributed by atoms with Crippen LogP contribution in [0.1, 0.15) is 135 Å². The second-order valence-electron chi connectivity index (χ2n) is 28.1. The van der Waals surface area contributed by atoms with E-state index in [1.54, 1.807) is 48.2 Å². The number of rotatable bonds is 16. The molecule has 2 aliphatic heterocycles. The first-order chi connectivity index (χ1) is 47.1. The molecule has 0 unspecified atom stereocenters. The van der Waals surface area contributed by atoms with Crippen LogP contribution in [-0.2, 0) is 76.8 Å². The number of nitrogens with one attached hydrogen (secondary N) is 4. The molecule has 5 rings (SSSR count). The molecule has 24 nitrogen and oxygen atoms in total. The molecule has 550 valence electrons. The van der Waals surface area contributed by atoms with Gasteiger partial charge in [-0.25, -0.2) is 0 Å². The SMILES string of the molecule is CCCC[C@@H]1NC(=O)[C@H](Cc2cccc(I)c2)NC(=O)CN(C)C(=O)[C@H](Cc2ccc(Cl)cc2)N(C)C(=O)CN(C)C(=O)CN(C)C(=O)[C@H]([C@@H](C)CC)NC(=O)[C@H](CC(C)C)N(C)C(=O)C[C@@H](C(=O)N2CCCCC2)N(C)C(=O)[C@H](CC(C)C)NC(=O)[C@H](Cc2ccc(C)cc2)N(C)C1=O. The summed E-state index contributed by atoms with van der Waals surface area (Å²) in [6, 6.07) is 11.1. The molecule has 2 aliphatic rings. The average Bonchev–Trinajstić information content (AvgIpc) is 0.821. The fraction of sp³-hybridized carbons (Fsp3) is 0.595. The molecule has 100 heavy (non-hydrogen) atoms. The summed E-state index contributed by atoms with van der Waals surface area (Å²) in [5.74, 6) is -8.88. The van der Waals surface area contributed by atoms with E-state index in [1.807, 2.05) is 84.9 Å². The highest BCUT2D eigenvalue weighted by Crippen LogP contribution is 2.24. The molecule has 0 spiro atoms. The first-order valence-electron chi connectivity index (χ1n) is 35.0. The van der Waals surface area contributed by atoms with Crippen molar-refractivity contribution in [2.75, 3.05) is 82.1 Å². The molecule has 2 saturated heterocycles. The van der Waals surface area contributed by atoms with Crippen molar-refractivity contribution in [2.24, 2.45) is 17.8 Å². The Morgan fingerprint density at radius 2 is 1.08 bits per heavy atom. The molecule has 3 aromatic rings. The number of carbonyl (C=O) groups excluding carboxylic acids is 12. The number of likely N-dealkylation sites (tertiary alicyclic amines) is 1. The van der Waals surface area contributed by atoms with Gasteiger partial charge in [-0.2, -0.15) is 0 Å². The van der Waals surface area contributed by atoms with E-state index in [1.165, 1.54) is 68.9 Å². The molecular formula is C74H108ClIN12O12. The van der Waals surface area contributed by atoms with E-state index in [9.17, 15) is 33.6 Å². The lowest BCUT2D eigenvalue weighted by Crippen LogP contribution is -2.61. The standard InChI is InChI=1S/C74H108ClIN12O12/c1-16-18-25-55-70(96)86(14)59(40-50-28-26-48(7)27-29-50)68(94)79-57(36-46(3)4)71(97)87(15)61(73(99)88-34-20-19-21-35-88)42-63(90)84(12)58(37-47(5)6)69(95)80-66(49(8)17-2)74(100)83(11)44-64(91)81(9)45-65(92)85(13)60(41-51-30-32-53(75)33-31-51)72(98)82(10)43-62(89)77-56(67(93)78-55)39-52-23-22-24-54(76)38-52/h22-24,26-33,38,46-47,49,55-61,66H,16-21,25,34-37,39-45H2,1-15H3,(H,77,89)(H,78,93)(H,79,94)(H,80,95)/t49-,55-,56-,57-,58-,59-,60-,61-,66-/m0/s1. The van der Waals surface area contributed by atoms with Crippen LogP contribution < -0.4 is 21.3 Å². The van der Waals surface area contributed by atoms with Gasteiger partial charge in [0.2, 0.25) is 70.9 Å². The third kappa shape index (κ3) is 24.3. The number of nitrogens with zero attached hydrogens (tertiary/aromatic N) is 8. The van der Waals surface area contributed by atoms with Crippen LogP contribution >= 0.6 is 34.2 Å². The number of unbranched alkanes of at least 4 members (excludes halogenated alkanes) is 1. The number of piperidine rings is 1. The van der Waals surface area contributed by atoms with Crippen molar-refractivity contribution in [3.05, 3.63) is 104 Å². The van der Waals surface area contributed by atoms with E-state index >= 15 is 24.0 Å². The molecule has 0 aliphatic carbocycles. The third-order valence-electron chi connectivity index (χ3n) is 19.0. The Morgan fingerprint density at radius 1 is 0.530 bits per heavy atom. The minimum absolute atomic E-state index is 0.0367. The zero-order chi connectivity index (χ0) is 74.4. The zero-order valence-corrected chi connectivity index (χ0v) is 64.2. The van der Waals surface area contributed by atoms with Crippen molar-refractivity contribution in [1.29, 1.82) is 0 Å². The number of amides is 12. The Bertz CT molecular complexity index is 3330. The first kappa shape index (κ1) is 83.0. The summed E-state index contributed by atoms with van der Waals surface area (Å²) in [5, 5.41) is 12.1. The number of aryl methyl sites for hydroxylation is 1. The monoisotopic (exact) mass is 1520 g/mol. The summed E-state index contributed by atoms with van der Waals surface area (Å²) in [6.07, 6.45) is 3.33. The van der Waals surface area contributed by atoms with Crippen LogP contribution in [0.4, 0.5) is 0 Å². The maximum absolute atomic E-state index is 15.4. The van der Waals surface area contributed by atoms with Gasteiger partial charge < -0.3 is 60.5 Å². The van der Waals surface area contributed by atoms with E-state index < -0.39 is 151 Å². The summed E-state index contributed by atoms with van der Waals surface area (Å²) >= 11 is 8.40. The fourth-order valence-corrected chi connectivity index (χ4v) is 13.1. The Kier molecular flexibility index (Phi) is 32.8. The Morgan fingerprint density at radius 3 is 1.67 bits per heavy atom. The Balaban J connectivity index is 1.67. The van der Waals surface area contributed by atoms with Gasteiger partial charge in [0.05, 0.1) is 26.1 Å². The van der Waals surface area contributed by atoms with Crippen LogP contribution in [0.25, 0.3) is 0 Å². The van der Waals surface area contributed by atoms with Crippen molar-refractivity contribution < 1.29 is 57.5 Å². The second-order valence-corrected chi connectivity index (χ2v) is 29.8. The van der Waals surface area contributed by atoms with Crippen molar-refractivity contribution in [2.45, 2.75) is 187 Å². The van der Waals surface area contributed by atoms with Crippen molar-refractivity contribution in [3.8, 4) is 0 Å². The van der Waals surface area contributed by atoms with Gasteiger partial charge in [-0.05, 0) is 127 Å². The van der Waals surface area contributed by atoms with Gasteiger partial charge in [0, 0.05) is 90.3 Å². The highest BCUT2D eigenvalue weighted by molar-refractivity contribution is 14.1. The molecule has 0 bridgehead atoms. The van der Waals surface area contributed by atoms with Crippen molar-refractivity contribution >= 4 is 105 Å². The molecule has 12 amide bonds. The summed E-state index contributed by atoms with van der Waals surface area (Å²) in [4.78, 5) is 188. The highest BCUT2D eigenvalue weighted by Gasteiger charge is 2.42. The predicted molar refractivity (Wildman–Crippen MR) is 393 cm³/mol. The zero-order valence-electron chi connectivity index (χ0n) is 61.2. The highest BCUT2D eigenvalue weighted by atomic mass is 127. The second kappa shape index (κ2) is 39.5. The summed E-state index contributed by atoms with van der Waals surface area (Å²) in [5.41, 5.74) is 2.89. The van der Waals surface area contributed by atoms with E-state index in [2.05, 4.69) is 43.9 Å². The van der Waals surface area contributed by atoms with Gasteiger partial charge in [0.1, 0.15) is 48.3 Å². The molecule has 2 fully saturated rings. The van der Waals surface area contributed by atoms with E-state index in [-0.39, 0.29) is 50.4 Å². The van der Waals surface area contributed by atoms with Gasteiger partial charge in [0.25, 0.3) is 0 Å². The van der Waals surface area contributed by atoms with E-state index in [0.717, 1.165) is 30.3 Å².